The number of carboxylic acids is 1. The summed E-state index contributed by atoms with van der Waals surface area (Å²) in [6.45, 7) is 4.32. The lowest BCUT2D eigenvalue weighted by Crippen LogP contribution is -2.30. The summed E-state index contributed by atoms with van der Waals surface area (Å²) < 4.78 is 18.7. The van der Waals surface area contributed by atoms with E-state index in [9.17, 15) is 14.0 Å². The smallest absolute Gasteiger partial charge is 0.305 e. The van der Waals surface area contributed by atoms with Crippen LogP contribution in [0.1, 0.15) is 30.9 Å². The Hall–Kier alpha value is -1.92. The third-order valence-electron chi connectivity index (χ3n) is 2.99. The lowest BCUT2D eigenvalue weighted by Gasteiger charge is -2.18. The van der Waals surface area contributed by atoms with Crippen molar-refractivity contribution in [2.75, 3.05) is 13.2 Å². The van der Waals surface area contributed by atoms with Crippen LogP contribution >= 0.6 is 11.6 Å². The zero-order valence-corrected chi connectivity index (χ0v) is 13.3. The number of carbonyl (C=O) groups excluding carboxylic acids is 1. The van der Waals surface area contributed by atoms with Gasteiger partial charge in [-0.1, -0.05) is 23.7 Å². The Labute approximate surface area is 139 Å². The third-order valence-corrected chi connectivity index (χ3v) is 3.29. The highest BCUT2D eigenvalue weighted by Crippen LogP contribution is 2.22. The van der Waals surface area contributed by atoms with E-state index in [1.165, 1.54) is 12.1 Å². The summed E-state index contributed by atoms with van der Waals surface area (Å²) in [6.07, 6.45) is 1.94. The van der Waals surface area contributed by atoms with Crippen LogP contribution in [0.3, 0.4) is 0 Å². The minimum Gasteiger partial charge on any atom is -0.481 e. The highest BCUT2D eigenvalue weighted by Gasteiger charge is 2.19. The van der Waals surface area contributed by atoms with Crippen LogP contribution in [0.15, 0.2) is 30.9 Å². The molecule has 0 spiro atoms. The number of ether oxygens (including phenoxy) is 1. The molecule has 7 heteroatoms. The van der Waals surface area contributed by atoms with E-state index in [1.54, 1.807) is 6.08 Å². The van der Waals surface area contributed by atoms with E-state index in [1.807, 2.05) is 0 Å². The van der Waals surface area contributed by atoms with Crippen LogP contribution in [0, 0.1) is 5.82 Å². The van der Waals surface area contributed by atoms with E-state index in [-0.39, 0.29) is 23.8 Å². The Kier molecular flexibility index (Phi) is 8.29. The predicted molar refractivity (Wildman–Crippen MR) is 84.8 cm³/mol. The van der Waals surface area contributed by atoms with Crippen LogP contribution in [0.4, 0.5) is 4.39 Å². The molecule has 0 aliphatic carbocycles. The zero-order valence-electron chi connectivity index (χ0n) is 12.6. The Bertz CT molecular complexity index is 565. The zero-order chi connectivity index (χ0) is 17.2. The lowest BCUT2D eigenvalue weighted by molar-refractivity contribution is -0.137. The van der Waals surface area contributed by atoms with E-state index >= 15 is 0 Å². The molecule has 1 amide bonds. The molecule has 1 atom stereocenters. The van der Waals surface area contributed by atoms with Crippen LogP contribution in [-0.2, 0) is 14.3 Å². The quantitative estimate of drug-likeness (QED) is 0.505. The molecule has 0 heterocycles. The van der Waals surface area contributed by atoms with E-state index < -0.39 is 17.8 Å². The topological polar surface area (TPSA) is 75.6 Å². The maximum absolute atomic E-state index is 13.5. The van der Waals surface area contributed by atoms with Crippen LogP contribution in [0.2, 0.25) is 5.02 Å². The molecule has 1 unspecified atom stereocenters. The van der Waals surface area contributed by atoms with Gasteiger partial charge in [0.05, 0.1) is 24.1 Å². The van der Waals surface area contributed by atoms with Gasteiger partial charge in [-0.25, -0.2) is 4.39 Å². The summed E-state index contributed by atoms with van der Waals surface area (Å²) in [5.74, 6) is -2.08. The number of benzene rings is 1. The number of aliphatic carboxylic acids is 1. The van der Waals surface area contributed by atoms with Crippen molar-refractivity contribution in [1.82, 2.24) is 5.32 Å². The fourth-order valence-electron chi connectivity index (χ4n) is 1.92. The molecule has 0 saturated heterocycles. The molecule has 0 bridgehead atoms. The van der Waals surface area contributed by atoms with Crippen molar-refractivity contribution in [2.45, 2.75) is 25.3 Å². The van der Waals surface area contributed by atoms with Crippen molar-refractivity contribution < 1.29 is 23.8 Å². The van der Waals surface area contributed by atoms with Crippen molar-refractivity contribution in [2.24, 2.45) is 0 Å². The largest absolute Gasteiger partial charge is 0.481 e. The maximum atomic E-state index is 13.5. The van der Waals surface area contributed by atoms with Crippen LogP contribution < -0.4 is 5.32 Å². The molecule has 5 nitrogen and oxygen atoms in total. The molecule has 0 aromatic heterocycles. The molecule has 0 fully saturated rings. The van der Waals surface area contributed by atoms with E-state index in [0.717, 1.165) is 6.07 Å². The Balaban J connectivity index is 2.63. The summed E-state index contributed by atoms with van der Waals surface area (Å²) in [7, 11) is 0. The predicted octanol–water partition coefficient (Wildman–Crippen LogP) is 3.09. The van der Waals surface area contributed by atoms with Crippen LogP contribution in [0.5, 0.6) is 0 Å². The maximum Gasteiger partial charge on any atom is 0.305 e. The molecule has 1 rings (SSSR count). The summed E-state index contributed by atoms with van der Waals surface area (Å²) in [5.41, 5.74) is 0.352. The highest BCUT2D eigenvalue weighted by atomic mass is 35.5. The normalized spacial score (nSPS) is 11.7. The van der Waals surface area contributed by atoms with Crippen molar-refractivity contribution in [1.29, 1.82) is 0 Å². The number of amides is 1. The van der Waals surface area contributed by atoms with Crippen LogP contribution in [0.25, 0.3) is 0 Å². The second-order valence-electron chi connectivity index (χ2n) is 4.86. The third kappa shape index (κ3) is 7.25. The number of halogens is 2. The SMILES string of the molecule is C=CCOCCCC(=O)NC(CC(=O)O)c1ccc(Cl)c(F)c1. The van der Waals surface area contributed by atoms with Crippen molar-refractivity contribution >= 4 is 23.5 Å². The molecular weight excluding hydrogens is 325 g/mol. The fourth-order valence-corrected chi connectivity index (χ4v) is 2.04. The molecule has 0 aliphatic rings. The van der Waals surface area contributed by atoms with Gasteiger partial charge in [-0.3, -0.25) is 9.59 Å². The molecule has 0 radical (unpaired) electrons. The molecule has 126 valence electrons. The Morgan fingerprint density at radius 3 is 2.83 bits per heavy atom. The number of carboxylic acid groups (broad SMARTS) is 1. The number of rotatable bonds is 10. The first kappa shape index (κ1) is 19.1. The first-order chi connectivity index (χ1) is 10.9. The number of hydrogen-bond donors (Lipinski definition) is 2. The monoisotopic (exact) mass is 343 g/mol. The molecule has 0 aliphatic heterocycles. The average Bonchev–Trinajstić information content (AvgIpc) is 2.48. The number of carbonyl (C=O) groups is 2. The molecular formula is C16H19ClFNO4. The first-order valence-electron chi connectivity index (χ1n) is 7.08. The van der Waals surface area contributed by atoms with E-state index in [2.05, 4.69) is 11.9 Å². The van der Waals surface area contributed by atoms with Gasteiger partial charge in [-0.15, -0.1) is 6.58 Å². The molecule has 1 aromatic rings. The van der Waals surface area contributed by atoms with Gasteiger partial charge in [0.25, 0.3) is 0 Å². The van der Waals surface area contributed by atoms with Crippen molar-refractivity contribution in [3.8, 4) is 0 Å². The van der Waals surface area contributed by atoms with Crippen molar-refractivity contribution in [3.05, 3.63) is 47.3 Å². The summed E-state index contributed by atoms with van der Waals surface area (Å²) >= 11 is 5.61. The highest BCUT2D eigenvalue weighted by molar-refractivity contribution is 6.30. The molecule has 1 aromatic carbocycles. The number of nitrogens with one attached hydrogen (secondary N) is 1. The summed E-state index contributed by atoms with van der Waals surface area (Å²) in [4.78, 5) is 22.8. The summed E-state index contributed by atoms with van der Waals surface area (Å²) in [5, 5.41) is 11.5. The fraction of sp³-hybridized carbons (Fsp3) is 0.375. The minimum atomic E-state index is -1.10. The van der Waals surface area contributed by atoms with Gasteiger partial charge in [0.1, 0.15) is 5.82 Å². The molecule has 23 heavy (non-hydrogen) atoms. The van der Waals surface area contributed by atoms with Gasteiger partial charge in [0.2, 0.25) is 5.91 Å². The van der Waals surface area contributed by atoms with Gasteiger partial charge in [0, 0.05) is 13.0 Å². The second-order valence-corrected chi connectivity index (χ2v) is 5.27. The average molecular weight is 344 g/mol. The Morgan fingerprint density at radius 1 is 1.48 bits per heavy atom. The standard InChI is InChI=1S/C16H19ClFNO4/c1-2-7-23-8-3-4-15(20)19-14(10-16(21)22)11-5-6-12(17)13(18)9-11/h2,5-6,9,14H,1,3-4,7-8,10H2,(H,19,20)(H,21,22). The van der Waals surface area contributed by atoms with Gasteiger partial charge >= 0.3 is 5.97 Å². The van der Waals surface area contributed by atoms with E-state index in [0.29, 0.717) is 25.2 Å². The lowest BCUT2D eigenvalue weighted by atomic mass is 10.0. The van der Waals surface area contributed by atoms with Gasteiger partial charge in [-0.2, -0.15) is 0 Å². The second kappa shape index (κ2) is 9.97. The molecule has 2 N–H and O–H groups in total. The molecule has 0 saturated carbocycles. The van der Waals surface area contributed by atoms with Crippen LogP contribution in [-0.4, -0.2) is 30.2 Å². The first-order valence-corrected chi connectivity index (χ1v) is 7.46. The van der Waals surface area contributed by atoms with Crippen molar-refractivity contribution in [3.63, 3.8) is 0 Å². The van der Waals surface area contributed by atoms with Gasteiger partial charge < -0.3 is 15.2 Å². The van der Waals surface area contributed by atoms with Gasteiger partial charge in [-0.05, 0) is 24.1 Å². The number of hydrogen-bond acceptors (Lipinski definition) is 3. The van der Waals surface area contributed by atoms with Gasteiger partial charge in [0.15, 0.2) is 0 Å². The summed E-state index contributed by atoms with van der Waals surface area (Å²) in [6, 6.07) is 3.13. The minimum absolute atomic E-state index is 0.0616. The van der Waals surface area contributed by atoms with E-state index in [4.69, 9.17) is 21.4 Å². The Morgan fingerprint density at radius 2 is 2.22 bits per heavy atom.